The monoisotopic (exact) mass is 401 g/mol. The zero-order valence-electron chi connectivity index (χ0n) is 16.3. The van der Waals surface area contributed by atoms with Crippen LogP contribution in [-0.4, -0.2) is 32.9 Å². The van der Waals surface area contributed by atoms with Crippen molar-refractivity contribution >= 4 is 17.6 Å². The van der Waals surface area contributed by atoms with Gasteiger partial charge in [-0.15, -0.1) is 5.10 Å². The molecule has 0 N–H and O–H groups in total. The van der Waals surface area contributed by atoms with Gasteiger partial charge in [0.15, 0.2) is 5.82 Å². The van der Waals surface area contributed by atoms with Gasteiger partial charge in [0.25, 0.3) is 0 Å². The van der Waals surface area contributed by atoms with E-state index in [2.05, 4.69) is 10.1 Å². The van der Waals surface area contributed by atoms with Crippen LogP contribution in [0.4, 0.5) is 0 Å². The van der Waals surface area contributed by atoms with Gasteiger partial charge < -0.3 is 9.47 Å². The number of rotatable bonds is 5. The average Bonchev–Trinajstić information content (AvgIpc) is 3.15. The third-order valence-corrected chi connectivity index (χ3v) is 6.84. The van der Waals surface area contributed by atoms with Crippen molar-refractivity contribution in [2.24, 2.45) is 23.2 Å². The van der Waals surface area contributed by atoms with E-state index in [0.717, 1.165) is 23.9 Å². The minimum Gasteiger partial charge on any atom is -0.476 e. The summed E-state index contributed by atoms with van der Waals surface area (Å²) >= 11 is 6.21. The molecule has 1 spiro atoms. The first-order valence-electron chi connectivity index (χ1n) is 9.86. The molecule has 148 valence electrons. The van der Waals surface area contributed by atoms with Crippen LogP contribution in [0.1, 0.15) is 50.4 Å². The number of halogens is 1. The van der Waals surface area contributed by atoms with Gasteiger partial charge >= 0.3 is 5.97 Å². The number of nitrogens with zero attached hydrogens (tertiary/aromatic N) is 3. The van der Waals surface area contributed by atoms with Gasteiger partial charge in [0.1, 0.15) is 10.8 Å². The van der Waals surface area contributed by atoms with Gasteiger partial charge in [-0.3, -0.25) is 0 Å². The number of pyridine rings is 1. The van der Waals surface area contributed by atoms with Crippen molar-refractivity contribution in [1.29, 1.82) is 0 Å². The van der Waals surface area contributed by atoms with E-state index in [4.69, 9.17) is 21.1 Å². The third kappa shape index (κ3) is 2.81. The van der Waals surface area contributed by atoms with E-state index in [0.29, 0.717) is 17.6 Å². The summed E-state index contributed by atoms with van der Waals surface area (Å²) in [4.78, 5) is 16.5. The molecule has 4 unspecified atom stereocenters. The zero-order valence-corrected chi connectivity index (χ0v) is 17.1. The van der Waals surface area contributed by atoms with Gasteiger partial charge in [-0.1, -0.05) is 11.6 Å². The molecule has 0 bridgehead atoms. The number of esters is 1. The maximum atomic E-state index is 12.2. The van der Waals surface area contributed by atoms with E-state index in [1.54, 1.807) is 23.0 Å². The van der Waals surface area contributed by atoms with Gasteiger partial charge in [0.2, 0.25) is 5.88 Å². The second kappa shape index (κ2) is 5.96. The smallest absolute Gasteiger partial charge is 0.341 e. The first-order chi connectivity index (χ1) is 13.3. The van der Waals surface area contributed by atoms with Crippen molar-refractivity contribution in [3.8, 4) is 11.7 Å². The Morgan fingerprint density at radius 1 is 1.32 bits per heavy atom. The topological polar surface area (TPSA) is 66.2 Å². The largest absolute Gasteiger partial charge is 0.476 e. The molecule has 5 rings (SSSR count). The molecule has 0 amide bonds. The van der Waals surface area contributed by atoms with E-state index in [9.17, 15) is 4.79 Å². The van der Waals surface area contributed by atoms with E-state index in [1.807, 2.05) is 26.8 Å². The van der Waals surface area contributed by atoms with Crippen LogP contribution >= 0.6 is 11.6 Å². The van der Waals surface area contributed by atoms with E-state index in [-0.39, 0.29) is 10.7 Å². The summed E-state index contributed by atoms with van der Waals surface area (Å²) in [6.07, 6.45) is 5.99. The lowest BCUT2D eigenvalue weighted by Gasteiger charge is -2.52. The standard InChI is InChI=1S/C21H24ClN3O3/c1-20(2,3)28-19(26)12-4-5-16(23-18(12)22)25-9-7-17(24-25)27-11-13-14-6-8-21(14)10-15(13)21/h4-5,7,9,13-15H,6,8,10-11H2,1-3H3. The lowest BCUT2D eigenvalue weighted by atomic mass is 9.53. The van der Waals surface area contributed by atoms with Crippen molar-refractivity contribution in [1.82, 2.24) is 14.8 Å². The molecule has 6 nitrogen and oxygen atoms in total. The predicted octanol–water partition coefficient (Wildman–Crippen LogP) is 4.30. The maximum absolute atomic E-state index is 12.2. The highest BCUT2D eigenvalue weighted by atomic mass is 35.5. The number of carbonyl (C=O) groups is 1. The third-order valence-electron chi connectivity index (χ3n) is 6.55. The molecule has 3 aliphatic carbocycles. The van der Waals surface area contributed by atoms with Crippen LogP contribution in [-0.2, 0) is 4.74 Å². The normalized spacial score (nSPS) is 29.8. The van der Waals surface area contributed by atoms with E-state index >= 15 is 0 Å². The molecule has 0 radical (unpaired) electrons. The SMILES string of the molecule is CC(C)(C)OC(=O)c1ccc(-n2ccc(OCC3C4CCC45CC35)n2)nc1Cl. The van der Waals surface area contributed by atoms with Crippen LogP contribution < -0.4 is 4.74 Å². The molecule has 3 fully saturated rings. The molecule has 0 aromatic carbocycles. The van der Waals surface area contributed by atoms with Crippen LogP contribution in [0.5, 0.6) is 5.88 Å². The van der Waals surface area contributed by atoms with Crippen LogP contribution in [0.3, 0.4) is 0 Å². The minimum atomic E-state index is -0.590. The van der Waals surface area contributed by atoms with Crippen molar-refractivity contribution in [3.05, 3.63) is 35.1 Å². The molecule has 3 aliphatic rings. The Hall–Kier alpha value is -2.08. The van der Waals surface area contributed by atoms with E-state index < -0.39 is 11.6 Å². The van der Waals surface area contributed by atoms with Crippen molar-refractivity contribution < 1.29 is 14.3 Å². The summed E-state index contributed by atoms with van der Waals surface area (Å²) in [7, 11) is 0. The van der Waals surface area contributed by atoms with Gasteiger partial charge in [-0.05, 0) is 75.3 Å². The number of ether oxygens (including phenoxy) is 2. The summed E-state index contributed by atoms with van der Waals surface area (Å²) in [6, 6.07) is 5.14. The highest BCUT2D eigenvalue weighted by molar-refractivity contribution is 6.32. The molecular weight excluding hydrogens is 378 g/mol. The second-order valence-electron chi connectivity index (χ2n) is 9.27. The molecular formula is C21H24ClN3O3. The Kier molecular flexibility index (Phi) is 3.83. The fraction of sp³-hybridized carbons (Fsp3) is 0.571. The molecule has 7 heteroatoms. The summed E-state index contributed by atoms with van der Waals surface area (Å²) in [5, 5.41) is 4.53. The second-order valence-corrected chi connectivity index (χ2v) is 9.63. The number of aromatic nitrogens is 3. The Labute approximate surface area is 169 Å². The van der Waals surface area contributed by atoms with Crippen LogP contribution in [0.2, 0.25) is 5.15 Å². The highest BCUT2D eigenvalue weighted by Crippen LogP contribution is 2.83. The first kappa shape index (κ1) is 18.0. The first-order valence-corrected chi connectivity index (χ1v) is 10.2. The zero-order chi connectivity index (χ0) is 19.7. The highest BCUT2D eigenvalue weighted by Gasteiger charge is 2.77. The summed E-state index contributed by atoms with van der Waals surface area (Å²) in [5.41, 5.74) is 0.388. The Bertz CT molecular complexity index is 951. The summed E-state index contributed by atoms with van der Waals surface area (Å²) < 4.78 is 12.9. The van der Waals surface area contributed by atoms with Crippen molar-refractivity contribution in [3.63, 3.8) is 0 Å². The molecule has 0 saturated heterocycles. The fourth-order valence-corrected chi connectivity index (χ4v) is 5.32. The Morgan fingerprint density at radius 2 is 2.14 bits per heavy atom. The van der Waals surface area contributed by atoms with Gasteiger partial charge in [-0.2, -0.15) is 0 Å². The quantitative estimate of drug-likeness (QED) is 0.552. The number of hydrogen-bond acceptors (Lipinski definition) is 5. The van der Waals surface area contributed by atoms with Gasteiger partial charge in [-0.25, -0.2) is 14.5 Å². The van der Waals surface area contributed by atoms with Gasteiger partial charge in [0.05, 0.1) is 12.2 Å². The van der Waals surface area contributed by atoms with E-state index in [1.165, 1.54) is 19.3 Å². The van der Waals surface area contributed by atoms with Crippen molar-refractivity contribution in [2.75, 3.05) is 6.61 Å². The molecule has 0 aliphatic heterocycles. The molecule has 3 saturated carbocycles. The lowest BCUT2D eigenvalue weighted by Crippen LogP contribution is -2.49. The fourth-order valence-electron chi connectivity index (χ4n) is 5.09. The maximum Gasteiger partial charge on any atom is 0.341 e. The molecule has 2 aromatic rings. The van der Waals surface area contributed by atoms with Crippen LogP contribution in [0, 0.1) is 23.2 Å². The summed E-state index contributed by atoms with van der Waals surface area (Å²) in [6.45, 7) is 6.18. The molecule has 2 heterocycles. The molecule has 2 aromatic heterocycles. The number of carbonyl (C=O) groups excluding carboxylic acids is 1. The predicted molar refractivity (Wildman–Crippen MR) is 104 cm³/mol. The van der Waals surface area contributed by atoms with Gasteiger partial charge in [0, 0.05) is 12.3 Å². The Morgan fingerprint density at radius 3 is 2.75 bits per heavy atom. The average molecular weight is 402 g/mol. The number of hydrogen-bond donors (Lipinski definition) is 0. The van der Waals surface area contributed by atoms with Crippen LogP contribution in [0.15, 0.2) is 24.4 Å². The van der Waals surface area contributed by atoms with Crippen molar-refractivity contribution in [2.45, 2.75) is 45.6 Å². The molecule has 4 atom stereocenters. The minimum absolute atomic E-state index is 0.0919. The van der Waals surface area contributed by atoms with Crippen LogP contribution in [0.25, 0.3) is 5.82 Å². The lowest BCUT2D eigenvalue weighted by molar-refractivity contribution is -0.0609. The summed E-state index contributed by atoms with van der Waals surface area (Å²) in [5.74, 6) is 3.12. The molecule has 28 heavy (non-hydrogen) atoms. The Balaban J connectivity index is 1.24.